The van der Waals surface area contributed by atoms with E-state index < -0.39 is 82.0 Å². The number of nitrogens with zero attached hydrogens (tertiary/aromatic N) is 4. The average molecular weight is 763 g/mol. The van der Waals surface area contributed by atoms with Gasteiger partial charge in [-0.1, -0.05) is 51.1 Å². The van der Waals surface area contributed by atoms with E-state index in [2.05, 4.69) is 38.8 Å². The molecular formula is C33H43N4O13PSi. The van der Waals surface area contributed by atoms with Crippen LogP contribution in [0.2, 0.25) is 18.1 Å². The summed E-state index contributed by atoms with van der Waals surface area (Å²) < 4.78 is 72.0. The summed E-state index contributed by atoms with van der Waals surface area (Å²) in [5, 5.41) is -0.161. The van der Waals surface area contributed by atoms with Gasteiger partial charge in [0.15, 0.2) is 26.9 Å². The van der Waals surface area contributed by atoms with Crippen LogP contribution in [0.25, 0.3) is 0 Å². The maximum Gasteiger partial charge on any atom is 0.475 e. The van der Waals surface area contributed by atoms with Gasteiger partial charge in [0.1, 0.15) is 37.3 Å². The second-order valence-corrected chi connectivity index (χ2v) is 20.9. The van der Waals surface area contributed by atoms with Gasteiger partial charge >= 0.3 is 19.5 Å². The number of fused-ring (bicyclic) bond motifs is 4. The first kappa shape index (κ1) is 37.0. The number of hydrogen-bond acceptors (Lipinski definition) is 14. The fourth-order valence-corrected chi connectivity index (χ4v) is 9.07. The lowest BCUT2D eigenvalue weighted by atomic mass is 10.1. The molecule has 3 fully saturated rings. The molecule has 0 spiro atoms. The van der Waals surface area contributed by atoms with Crippen LogP contribution in [0.15, 0.2) is 69.2 Å². The second kappa shape index (κ2) is 14.2. The van der Waals surface area contributed by atoms with Crippen LogP contribution in [0.3, 0.4) is 0 Å². The third kappa shape index (κ3) is 7.04. The molecule has 9 atom stereocenters. The van der Waals surface area contributed by atoms with E-state index in [9.17, 15) is 18.9 Å². The Kier molecular flexibility index (Phi) is 10.1. The summed E-state index contributed by atoms with van der Waals surface area (Å²) >= 11 is 0. The zero-order valence-corrected chi connectivity index (χ0v) is 31.6. The molecule has 17 nitrogen and oxygen atoms in total. The van der Waals surface area contributed by atoms with E-state index in [-0.39, 0.29) is 37.6 Å². The molecule has 0 bridgehead atoms. The lowest BCUT2D eigenvalue weighted by molar-refractivity contribution is -0.0833. The molecule has 0 N–H and O–H groups in total. The number of aromatic nitrogens is 4. The SMILES string of the molecule is CO[C@@H]1[C@@H]2O[P@](=O)(OC[C@H]3O[C@@H]4[C@@H](Oc5nc(=O)ccn54)[C@@H]3O[Si](C)(C)C(C)(C)C)OC[C@H]2O[C@H]1n1ccc(=O)n(COCc2ccccc2)c1=O. The van der Waals surface area contributed by atoms with E-state index in [0.717, 1.165) is 10.1 Å². The van der Waals surface area contributed by atoms with Crippen molar-refractivity contribution >= 4 is 16.1 Å². The molecule has 0 aliphatic carbocycles. The van der Waals surface area contributed by atoms with Crippen LogP contribution in [-0.4, -0.2) is 84.0 Å². The zero-order chi connectivity index (χ0) is 37.0. The summed E-state index contributed by atoms with van der Waals surface area (Å²) in [4.78, 5) is 42.1. The molecule has 3 aromatic rings. The van der Waals surface area contributed by atoms with Gasteiger partial charge in [0.2, 0.25) is 0 Å². The second-order valence-electron chi connectivity index (χ2n) is 14.6. The summed E-state index contributed by atoms with van der Waals surface area (Å²) in [7, 11) is -5.24. The van der Waals surface area contributed by atoms with Crippen LogP contribution >= 0.6 is 7.82 Å². The van der Waals surface area contributed by atoms with Crippen molar-refractivity contribution < 1.29 is 46.2 Å². The van der Waals surface area contributed by atoms with Crippen molar-refractivity contribution in [2.24, 2.45) is 0 Å². The average Bonchev–Trinajstić information content (AvgIpc) is 3.74. The lowest BCUT2D eigenvalue weighted by Crippen LogP contribution is -2.50. The minimum absolute atomic E-state index is 0.124. The van der Waals surface area contributed by atoms with E-state index in [1.54, 1.807) is 10.8 Å². The maximum absolute atomic E-state index is 14.0. The molecule has 52 heavy (non-hydrogen) atoms. The van der Waals surface area contributed by atoms with Gasteiger partial charge in [-0.3, -0.25) is 32.3 Å². The molecule has 19 heteroatoms. The van der Waals surface area contributed by atoms with Gasteiger partial charge < -0.3 is 28.1 Å². The molecule has 0 radical (unpaired) electrons. The predicted molar refractivity (Wildman–Crippen MR) is 184 cm³/mol. The standard InChI is InChI=1S/C33H43N4O13PSi/c1-33(2,3)52(5,6)50-26-22(47-30-28(26)48-31-34-23(38)12-14-35(30)31)18-45-51(41)44-17-21-25(49-51)27(42-4)29(46-21)36-15-13-24(39)37(32(36)40)19-43-16-20-10-8-7-9-11-20/h7-15,21-22,25-30H,16-19H2,1-6H3/t21-,22-,25-,26-,27-,28+,29-,30-,51+/m1/s1. The van der Waals surface area contributed by atoms with E-state index in [1.165, 1.54) is 30.0 Å². The van der Waals surface area contributed by atoms with E-state index in [1.807, 2.05) is 30.3 Å². The Labute approximate surface area is 300 Å². The van der Waals surface area contributed by atoms with Crippen molar-refractivity contribution in [3.05, 3.63) is 91.6 Å². The summed E-state index contributed by atoms with van der Waals surface area (Å²) in [6.07, 6.45) is -3.62. The highest BCUT2D eigenvalue weighted by atomic mass is 31.2. The van der Waals surface area contributed by atoms with Crippen molar-refractivity contribution in [3.63, 3.8) is 0 Å². The normalized spacial score (nSPS) is 31.2. The molecule has 1 aromatic carbocycles. The molecule has 0 amide bonds. The predicted octanol–water partition coefficient (Wildman–Crippen LogP) is 2.94. The van der Waals surface area contributed by atoms with Gasteiger partial charge in [0.25, 0.3) is 11.1 Å². The molecule has 3 saturated heterocycles. The smallest absolute Gasteiger partial charge is 0.454 e. The van der Waals surface area contributed by atoms with Crippen LogP contribution in [0.4, 0.5) is 0 Å². The highest BCUT2D eigenvalue weighted by Gasteiger charge is 2.58. The summed E-state index contributed by atoms with van der Waals surface area (Å²) in [6.45, 7) is 9.96. The number of benzene rings is 1. The first-order valence-corrected chi connectivity index (χ1v) is 21.3. The largest absolute Gasteiger partial charge is 0.475 e. The van der Waals surface area contributed by atoms with E-state index in [0.29, 0.717) is 0 Å². The lowest BCUT2D eigenvalue weighted by Gasteiger charge is -2.40. The van der Waals surface area contributed by atoms with Gasteiger partial charge in [-0.05, 0) is 23.7 Å². The topological polar surface area (TPSA) is 179 Å². The van der Waals surface area contributed by atoms with Crippen LogP contribution in [0.1, 0.15) is 38.8 Å². The van der Waals surface area contributed by atoms with Gasteiger partial charge in [-0.2, -0.15) is 4.98 Å². The Morgan fingerprint density at radius 1 is 0.962 bits per heavy atom. The highest BCUT2D eigenvalue weighted by molar-refractivity contribution is 7.48. The first-order valence-electron chi connectivity index (χ1n) is 17.0. The first-order chi connectivity index (χ1) is 24.7. The number of phosphoric acid groups is 1. The molecule has 2 aromatic heterocycles. The molecule has 0 unspecified atom stereocenters. The van der Waals surface area contributed by atoms with Crippen LogP contribution in [0, 0.1) is 0 Å². The Balaban J connectivity index is 1.05. The van der Waals surface area contributed by atoms with Crippen molar-refractivity contribution in [3.8, 4) is 6.01 Å². The van der Waals surface area contributed by atoms with Gasteiger partial charge in [0, 0.05) is 31.6 Å². The van der Waals surface area contributed by atoms with Crippen molar-refractivity contribution in [1.82, 2.24) is 18.7 Å². The third-order valence-electron chi connectivity index (χ3n) is 10.1. The fraction of sp³-hybridized carbons (Fsp3) is 0.576. The number of ether oxygens (including phenoxy) is 5. The highest BCUT2D eigenvalue weighted by Crippen LogP contribution is 2.57. The summed E-state index contributed by atoms with van der Waals surface area (Å²) in [6, 6.07) is 12.0. The molecule has 282 valence electrons. The maximum atomic E-state index is 14.0. The molecule has 4 aliphatic rings. The molecular weight excluding hydrogens is 719 g/mol. The summed E-state index contributed by atoms with van der Waals surface area (Å²) in [5.41, 5.74) is -0.800. The Bertz CT molecular complexity index is 2000. The molecule has 7 rings (SSSR count). The van der Waals surface area contributed by atoms with Crippen molar-refractivity contribution in [2.75, 3.05) is 20.3 Å². The molecule has 0 saturated carbocycles. The van der Waals surface area contributed by atoms with Crippen LogP contribution < -0.4 is 21.5 Å². The Morgan fingerprint density at radius 2 is 1.71 bits per heavy atom. The number of rotatable bonds is 11. The van der Waals surface area contributed by atoms with Gasteiger partial charge in [0.05, 0.1) is 19.8 Å². The van der Waals surface area contributed by atoms with E-state index >= 15 is 0 Å². The number of hydrogen-bond donors (Lipinski definition) is 0. The molecule has 4 aliphatic heterocycles. The van der Waals surface area contributed by atoms with E-state index in [4.69, 9.17) is 41.7 Å². The Morgan fingerprint density at radius 3 is 2.44 bits per heavy atom. The monoisotopic (exact) mass is 762 g/mol. The number of phosphoric ester groups is 1. The van der Waals surface area contributed by atoms with Crippen LogP contribution in [-0.2, 0) is 54.8 Å². The minimum Gasteiger partial charge on any atom is -0.454 e. The molecule has 6 heterocycles. The zero-order valence-electron chi connectivity index (χ0n) is 29.7. The summed E-state index contributed by atoms with van der Waals surface area (Å²) in [5.74, 6) is 0. The quantitative estimate of drug-likeness (QED) is 0.206. The third-order valence-corrected chi connectivity index (χ3v) is 16.1. The Hall–Kier alpha value is -3.29. The fourth-order valence-electron chi connectivity index (χ4n) is 6.34. The van der Waals surface area contributed by atoms with Crippen molar-refractivity contribution in [2.45, 2.75) is 101 Å². The number of methoxy groups -OCH3 is 1. The van der Waals surface area contributed by atoms with Crippen LogP contribution in [0.5, 0.6) is 6.01 Å². The van der Waals surface area contributed by atoms with Gasteiger partial charge in [-0.15, -0.1) is 0 Å². The van der Waals surface area contributed by atoms with Gasteiger partial charge in [-0.25, -0.2) is 13.9 Å². The minimum atomic E-state index is -4.24. The van der Waals surface area contributed by atoms with Crippen molar-refractivity contribution in [1.29, 1.82) is 0 Å².